The van der Waals surface area contributed by atoms with Crippen molar-refractivity contribution in [1.82, 2.24) is 29.5 Å². The summed E-state index contributed by atoms with van der Waals surface area (Å²) in [4.78, 5) is 25.8. The lowest BCUT2D eigenvalue weighted by atomic mass is 10.0. The van der Waals surface area contributed by atoms with Gasteiger partial charge in [0.1, 0.15) is 17.8 Å². The Bertz CT molecular complexity index is 1800. The topological polar surface area (TPSA) is 114 Å². The monoisotopic (exact) mass is 618 g/mol. The van der Waals surface area contributed by atoms with E-state index >= 15 is 0 Å². The van der Waals surface area contributed by atoms with Crippen molar-refractivity contribution in [2.24, 2.45) is 0 Å². The van der Waals surface area contributed by atoms with Crippen LogP contribution >= 0.6 is 0 Å². The second kappa shape index (κ2) is 12.5. The van der Waals surface area contributed by atoms with E-state index in [9.17, 15) is 18.0 Å². The van der Waals surface area contributed by atoms with Crippen LogP contribution in [0.5, 0.6) is 0 Å². The van der Waals surface area contributed by atoms with Crippen LogP contribution in [0.1, 0.15) is 50.8 Å². The molecule has 1 atom stereocenters. The summed E-state index contributed by atoms with van der Waals surface area (Å²) in [5, 5.41) is 7.84. The van der Waals surface area contributed by atoms with Gasteiger partial charge in [-0.2, -0.15) is 18.3 Å². The number of fused-ring (bicyclic) bond motifs is 1. The van der Waals surface area contributed by atoms with Crippen molar-refractivity contribution in [3.63, 3.8) is 0 Å². The number of nitrogens with zero attached hydrogens (tertiary/aromatic N) is 6. The summed E-state index contributed by atoms with van der Waals surface area (Å²) in [7, 11) is 2.00. The van der Waals surface area contributed by atoms with Gasteiger partial charge in [-0.25, -0.2) is 14.6 Å². The number of nitrogen functional groups attached to an aromatic ring is 1. The Kier molecular flexibility index (Phi) is 8.46. The van der Waals surface area contributed by atoms with E-state index in [4.69, 9.17) is 10.5 Å². The van der Waals surface area contributed by atoms with E-state index < -0.39 is 17.6 Å². The van der Waals surface area contributed by atoms with Gasteiger partial charge >= 0.3 is 6.18 Å². The first-order valence-corrected chi connectivity index (χ1v) is 14.7. The number of alkyl halides is 3. The van der Waals surface area contributed by atoms with Crippen molar-refractivity contribution in [3.05, 3.63) is 76.2 Å². The number of carbonyl (C=O) groups is 1. The number of anilines is 2. The minimum Gasteiger partial charge on any atom is -0.383 e. The molecular weight excluding hydrogens is 585 g/mol. The van der Waals surface area contributed by atoms with Gasteiger partial charge < -0.3 is 20.7 Å². The average molecular weight is 619 g/mol. The summed E-state index contributed by atoms with van der Waals surface area (Å²) >= 11 is 0. The highest BCUT2D eigenvalue weighted by Crippen LogP contribution is 2.35. The molecular formula is C32H33F3N8O2. The van der Waals surface area contributed by atoms with Crippen LogP contribution in [0, 0.1) is 18.8 Å². The summed E-state index contributed by atoms with van der Waals surface area (Å²) in [6.07, 6.45) is -2.40. The summed E-state index contributed by atoms with van der Waals surface area (Å²) in [5.41, 5.74) is 8.25. The lowest BCUT2D eigenvalue weighted by Gasteiger charge is -2.33. The highest BCUT2D eigenvalue weighted by atomic mass is 19.4. The molecule has 13 heteroatoms. The van der Waals surface area contributed by atoms with Gasteiger partial charge in [0, 0.05) is 56.1 Å². The van der Waals surface area contributed by atoms with E-state index in [1.54, 1.807) is 22.9 Å². The lowest BCUT2D eigenvalue weighted by Crippen LogP contribution is -2.44. The predicted octanol–water partition coefficient (Wildman–Crippen LogP) is 4.10. The molecule has 2 aliphatic heterocycles. The van der Waals surface area contributed by atoms with Crippen molar-refractivity contribution in [1.29, 1.82) is 0 Å². The predicted molar refractivity (Wildman–Crippen MR) is 164 cm³/mol. The van der Waals surface area contributed by atoms with Crippen LogP contribution in [0.3, 0.4) is 0 Å². The van der Waals surface area contributed by atoms with E-state index in [1.807, 2.05) is 18.9 Å². The van der Waals surface area contributed by atoms with Crippen LogP contribution in [-0.4, -0.2) is 81.9 Å². The number of nitrogens with one attached hydrogen (secondary N) is 1. The number of amides is 1. The second-order valence-electron chi connectivity index (χ2n) is 11.5. The third-order valence-corrected chi connectivity index (χ3v) is 8.25. The van der Waals surface area contributed by atoms with Crippen molar-refractivity contribution in [3.8, 4) is 11.8 Å². The SMILES string of the molecule is Cc1ccc(C(=O)Nc2ccc(CN3CCN(C)CC3)c(C(F)(F)F)c2)cc1C#Cc1nn([C@H]2CCOC2)c2ncnc(N)c12. The number of nitrogens with two attached hydrogens (primary N) is 1. The Morgan fingerprint density at radius 2 is 1.91 bits per heavy atom. The number of hydrogen-bond acceptors (Lipinski definition) is 8. The summed E-state index contributed by atoms with van der Waals surface area (Å²) < 4.78 is 49.5. The Labute approximate surface area is 258 Å². The zero-order valence-corrected chi connectivity index (χ0v) is 25.0. The quantitative estimate of drug-likeness (QED) is 0.322. The number of benzene rings is 2. The summed E-state index contributed by atoms with van der Waals surface area (Å²) in [5.74, 6) is 5.86. The molecule has 2 aromatic carbocycles. The molecule has 0 unspecified atom stereocenters. The Hall–Kier alpha value is -4.51. The Morgan fingerprint density at radius 3 is 2.64 bits per heavy atom. The molecule has 0 aliphatic carbocycles. The van der Waals surface area contributed by atoms with Crippen LogP contribution in [0.4, 0.5) is 24.7 Å². The van der Waals surface area contributed by atoms with Crippen molar-refractivity contribution in [2.45, 2.75) is 32.1 Å². The molecule has 2 fully saturated rings. The molecule has 2 saturated heterocycles. The molecule has 4 heterocycles. The van der Waals surface area contributed by atoms with Gasteiger partial charge in [-0.05, 0) is 61.7 Å². The average Bonchev–Trinajstić information content (AvgIpc) is 3.67. The Balaban J connectivity index is 1.24. The van der Waals surface area contributed by atoms with E-state index in [1.165, 1.54) is 18.5 Å². The van der Waals surface area contributed by atoms with Crippen LogP contribution in [0.15, 0.2) is 42.7 Å². The fraction of sp³-hybridized carbons (Fsp3) is 0.375. The second-order valence-corrected chi connectivity index (χ2v) is 11.5. The van der Waals surface area contributed by atoms with Crippen molar-refractivity contribution in [2.75, 3.05) is 57.5 Å². The number of aryl methyl sites for hydroxylation is 1. The molecule has 2 aromatic heterocycles. The standard InChI is InChI=1S/C32H33F3N8O2/c1-20-3-4-22(15-21(20)6-8-27-28-29(36)37-19-38-30(28)43(40-27)25-9-14-45-18-25)31(44)39-24-7-5-23(26(16-24)32(33,34)35)17-42-12-10-41(2)11-13-42/h3-5,7,15-16,19,25H,9-14,17-18H2,1-2H3,(H,39,44)(H2,36,37,38)/t25-/m0/s1. The van der Waals surface area contributed by atoms with Gasteiger partial charge in [0.2, 0.25) is 0 Å². The fourth-order valence-corrected chi connectivity index (χ4v) is 5.58. The number of halogens is 3. The van der Waals surface area contributed by atoms with E-state index in [-0.39, 0.29) is 35.2 Å². The number of aromatic nitrogens is 4. The number of likely N-dealkylation sites (N-methyl/N-ethyl adjacent to an activating group) is 1. The maximum absolute atomic E-state index is 14.1. The number of rotatable bonds is 5. The molecule has 6 rings (SSSR count). The zero-order chi connectivity index (χ0) is 31.7. The highest BCUT2D eigenvalue weighted by Gasteiger charge is 2.34. The minimum atomic E-state index is -4.56. The molecule has 0 saturated carbocycles. The lowest BCUT2D eigenvalue weighted by molar-refractivity contribution is -0.138. The Morgan fingerprint density at radius 1 is 1.11 bits per heavy atom. The largest absolute Gasteiger partial charge is 0.416 e. The van der Waals surface area contributed by atoms with Crippen molar-refractivity contribution >= 4 is 28.4 Å². The molecule has 1 amide bonds. The third-order valence-electron chi connectivity index (χ3n) is 8.25. The van der Waals surface area contributed by atoms with Gasteiger partial charge in [-0.1, -0.05) is 18.1 Å². The molecule has 234 valence electrons. The van der Waals surface area contributed by atoms with Crippen LogP contribution in [0.25, 0.3) is 11.0 Å². The maximum Gasteiger partial charge on any atom is 0.416 e. The normalized spacial score (nSPS) is 17.8. The first-order valence-electron chi connectivity index (χ1n) is 14.7. The third kappa shape index (κ3) is 6.63. The molecule has 0 radical (unpaired) electrons. The van der Waals surface area contributed by atoms with Crippen LogP contribution < -0.4 is 11.1 Å². The fourth-order valence-electron chi connectivity index (χ4n) is 5.58. The molecule has 3 N–H and O–H groups in total. The van der Waals surface area contributed by atoms with E-state index in [0.717, 1.165) is 31.1 Å². The smallest absolute Gasteiger partial charge is 0.383 e. The molecule has 4 aromatic rings. The van der Waals surface area contributed by atoms with Gasteiger partial charge in [0.15, 0.2) is 5.65 Å². The molecule has 0 spiro atoms. The van der Waals surface area contributed by atoms with Gasteiger partial charge in [-0.15, -0.1) is 0 Å². The number of carbonyl (C=O) groups excluding carboxylic acids is 1. The summed E-state index contributed by atoms with van der Waals surface area (Å²) in [6.45, 7) is 6.17. The highest BCUT2D eigenvalue weighted by molar-refractivity contribution is 6.04. The van der Waals surface area contributed by atoms with Crippen LogP contribution in [-0.2, 0) is 17.5 Å². The van der Waals surface area contributed by atoms with Gasteiger partial charge in [0.25, 0.3) is 5.91 Å². The van der Waals surface area contributed by atoms with Crippen LogP contribution in [0.2, 0.25) is 0 Å². The number of hydrogen-bond donors (Lipinski definition) is 2. The van der Waals surface area contributed by atoms with Gasteiger partial charge in [0.05, 0.1) is 23.6 Å². The zero-order valence-electron chi connectivity index (χ0n) is 25.0. The number of piperazine rings is 1. The number of ether oxygens (including phenoxy) is 1. The first kappa shape index (κ1) is 30.5. The minimum absolute atomic E-state index is 0.00447. The molecule has 0 bridgehead atoms. The molecule has 2 aliphatic rings. The van der Waals surface area contributed by atoms with Crippen molar-refractivity contribution < 1.29 is 22.7 Å². The van der Waals surface area contributed by atoms with Gasteiger partial charge in [-0.3, -0.25) is 9.69 Å². The maximum atomic E-state index is 14.1. The molecule has 10 nitrogen and oxygen atoms in total. The van der Waals surface area contributed by atoms with E-state index in [2.05, 4.69) is 37.1 Å². The van der Waals surface area contributed by atoms with E-state index in [0.29, 0.717) is 48.6 Å². The summed E-state index contributed by atoms with van der Waals surface area (Å²) in [6, 6.07) is 8.91. The first-order chi connectivity index (χ1) is 21.6. The molecule has 45 heavy (non-hydrogen) atoms.